The van der Waals surface area contributed by atoms with Crippen molar-refractivity contribution in [2.75, 3.05) is 0 Å². The molecule has 0 atom stereocenters. The predicted octanol–water partition coefficient (Wildman–Crippen LogP) is 1.47. The molecule has 0 unspecified atom stereocenters. The molecule has 0 fully saturated rings. The van der Waals surface area contributed by atoms with Crippen molar-refractivity contribution in [1.29, 1.82) is 0 Å². The Kier molecular flexibility index (Phi) is 2.73. The molecule has 2 rings (SSSR count). The van der Waals surface area contributed by atoms with Crippen LogP contribution < -0.4 is 5.69 Å². The van der Waals surface area contributed by atoms with E-state index in [0.717, 1.165) is 11.0 Å². The van der Waals surface area contributed by atoms with Gasteiger partial charge in [-0.2, -0.15) is 5.10 Å². The number of nitrogens with zero attached hydrogens (tertiary/aromatic N) is 3. The third kappa shape index (κ3) is 1.87. The molecule has 78 valence electrons. The lowest BCUT2D eigenvalue weighted by Gasteiger charge is -2.00. The number of alkyl halides is 1. The van der Waals surface area contributed by atoms with Crippen LogP contribution in [-0.4, -0.2) is 14.3 Å². The SMILES string of the molecule is Cn1ncn(-c2ccc(CBr)cc2)c1=O. The molecule has 0 spiro atoms. The summed E-state index contributed by atoms with van der Waals surface area (Å²) < 4.78 is 2.82. The molecular weight excluding hydrogens is 258 g/mol. The maximum absolute atomic E-state index is 11.6. The van der Waals surface area contributed by atoms with E-state index >= 15 is 0 Å². The number of aryl methyl sites for hydroxylation is 1. The van der Waals surface area contributed by atoms with E-state index in [0.29, 0.717) is 0 Å². The minimum atomic E-state index is -0.137. The van der Waals surface area contributed by atoms with Crippen molar-refractivity contribution in [1.82, 2.24) is 14.3 Å². The molecule has 0 saturated heterocycles. The van der Waals surface area contributed by atoms with Crippen LogP contribution in [0.15, 0.2) is 35.4 Å². The van der Waals surface area contributed by atoms with Crippen molar-refractivity contribution in [3.05, 3.63) is 46.6 Å². The summed E-state index contributed by atoms with van der Waals surface area (Å²) in [4.78, 5) is 11.6. The summed E-state index contributed by atoms with van der Waals surface area (Å²) in [6.45, 7) is 0. The molecule has 0 N–H and O–H groups in total. The summed E-state index contributed by atoms with van der Waals surface area (Å²) in [5, 5.41) is 4.71. The standard InChI is InChI=1S/C10H10BrN3O/c1-13-10(15)14(7-12-13)9-4-2-8(6-11)3-5-9/h2-5,7H,6H2,1H3. The van der Waals surface area contributed by atoms with Gasteiger partial charge in [-0.25, -0.2) is 14.0 Å². The van der Waals surface area contributed by atoms with E-state index in [9.17, 15) is 4.79 Å². The molecule has 1 heterocycles. The van der Waals surface area contributed by atoms with Gasteiger partial charge in [-0.15, -0.1) is 0 Å². The first-order valence-corrected chi connectivity index (χ1v) is 5.60. The van der Waals surface area contributed by atoms with E-state index in [1.54, 1.807) is 7.05 Å². The van der Waals surface area contributed by atoms with Gasteiger partial charge in [0, 0.05) is 12.4 Å². The molecule has 0 bridgehead atoms. The van der Waals surface area contributed by atoms with E-state index in [1.165, 1.54) is 21.1 Å². The third-order valence-corrected chi connectivity index (χ3v) is 2.84. The van der Waals surface area contributed by atoms with Gasteiger partial charge in [0.15, 0.2) is 0 Å². The predicted molar refractivity (Wildman–Crippen MR) is 61.4 cm³/mol. The molecule has 4 nitrogen and oxygen atoms in total. The molecule has 1 aromatic heterocycles. The quantitative estimate of drug-likeness (QED) is 0.774. The van der Waals surface area contributed by atoms with Gasteiger partial charge in [0.25, 0.3) is 0 Å². The zero-order valence-corrected chi connectivity index (χ0v) is 9.81. The highest BCUT2D eigenvalue weighted by molar-refractivity contribution is 9.08. The number of hydrogen-bond donors (Lipinski definition) is 0. The Morgan fingerprint density at radius 2 is 2.00 bits per heavy atom. The second kappa shape index (κ2) is 4.02. The Labute approximate surface area is 95.3 Å². The van der Waals surface area contributed by atoms with Crippen LogP contribution in [0, 0.1) is 0 Å². The second-order valence-corrected chi connectivity index (χ2v) is 3.77. The lowest BCUT2D eigenvalue weighted by molar-refractivity contribution is 0.726. The van der Waals surface area contributed by atoms with Crippen molar-refractivity contribution >= 4 is 15.9 Å². The highest BCUT2D eigenvalue weighted by Gasteiger charge is 2.02. The lowest BCUT2D eigenvalue weighted by Crippen LogP contribution is -2.21. The van der Waals surface area contributed by atoms with Crippen LogP contribution in [0.4, 0.5) is 0 Å². The molecule has 0 aliphatic heterocycles. The minimum Gasteiger partial charge on any atom is -0.250 e. The lowest BCUT2D eigenvalue weighted by atomic mass is 10.2. The Bertz CT molecular complexity index is 512. The molecular formula is C10H10BrN3O. The first kappa shape index (κ1) is 10.2. The highest BCUT2D eigenvalue weighted by atomic mass is 79.9. The van der Waals surface area contributed by atoms with Crippen LogP contribution in [-0.2, 0) is 12.4 Å². The van der Waals surface area contributed by atoms with E-state index in [2.05, 4.69) is 21.0 Å². The second-order valence-electron chi connectivity index (χ2n) is 3.21. The van der Waals surface area contributed by atoms with Crippen molar-refractivity contribution in [3.8, 4) is 5.69 Å². The first-order chi connectivity index (χ1) is 7.22. The molecule has 0 aliphatic carbocycles. The normalized spacial score (nSPS) is 10.5. The van der Waals surface area contributed by atoms with Gasteiger partial charge in [0.1, 0.15) is 6.33 Å². The molecule has 0 radical (unpaired) electrons. The molecule has 0 saturated carbocycles. The van der Waals surface area contributed by atoms with Crippen LogP contribution in [0.5, 0.6) is 0 Å². The average molecular weight is 268 g/mol. The van der Waals surface area contributed by atoms with Crippen molar-refractivity contribution in [2.24, 2.45) is 7.05 Å². The Hall–Kier alpha value is -1.36. The topological polar surface area (TPSA) is 39.8 Å². The maximum atomic E-state index is 11.6. The molecule has 0 amide bonds. The number of hydrogen-bond acceptors (Lipinski definition) is 2. The molecule has 2 aromatic rings. The first-order valence-electron chi connectivity index (χ1n) is 4.48. The summed E-state index contributed by atoms with van der Waals surface area (Å²) in [6.07, 6.45) is 1.52. The van der Waals surface area contributed by atoms with E-state index < -0.39 is 0 Å². The number of halogens is 1. The monoisotopic (exact) mass is 267 g/mol. The van der Waals surface area contributed by atoms with Crippen molar-refractivity contribution in [2.45, 2.75) is 5.33 Å². The molecule has 15 heavy (non-hydrogen) atoms. The van der Waals surface area contributed by atoms with Crippen LogP contribution >= 0.6 is 15.9 Å². The highest BCUT2D eigenvalue weighted by Crippen LogP contribution is 2.09. The van der Waals surface area contributed by atoms with Gasteiger partial charge in [-0.05, 0) is 17.7 Å². The van der Waals surface area contributed by atoms with Gasteiger partial charge >= 0.3 is 5.69 Å². The maximum Gasteiger partial charge on any atom is 0.350 e. The van der Waals surface area contributed by atoms with Crippen LogP contribution in [0.3, 0.4) is 0 Å². The summed E-state index contributed by atoms with van der Waals surface area (Å²) in [6, 6.07) is 7.76. The van der Waals surface area contributed by atoms with Gasteiger partial charge in [0.2, 0.25) is 0 Å². The van der Waals surface area contributed by atoms with Crippen LogP contribution in [0.25, 0.3) is 5.69 Å². The zero-order chi connectivity index (χ0) is 10.8. The van der Waals surface area contributed by atoms with Gasteiger partial charge in [-0.1, -0.05) is 28.1 Å². The fourth-order valence-electron chi connectivity index (χ4n) is 1.31. The van der Waals surface area contributed by atoms with E-state index in [4.69, 9.17) is 0 Å². The fourth-order valence-corrected chi connectivity index (χ4v) is 1.68. The van der Waals surface area contributed by atoms with Crippen molar-refractivity contribution < 1.29 is 0 Å². The van der Waals surface area contributed by atoms with E-state index in [-0.39, 0.29) is 5.69 Å². The van der Waals surface area contributed by atoms with E-state index in [1.807, 2.05) is 24.3 Å². The summed E-state index contributed by atoms with van der Waals surface area (Å²) in [5.74, 6) is 0. The molecule has 0 aliphatic rings. The minimum absolute atomic E-state index is 0.137. The van der Waals surface area contributed by atoms with Gasteiger partial charge in [-0.3, -0.25) is 0 Å². The number of benzene rings is 1. The van der Waals surface area contributed by atoms with Gasteiger partial charge in [0.05, 0.1) is 5.69 Å². The number of rotatable bonds is 2. The smallest absolute Gasteiger partial charge is 0.250 e. The van der Waals surface area contributed by atoms with Crippen LogP contribution in [0.1, 0.15) is 5.56 Å². The summed E-state index contributed by atoms with van der Waals surface area (Å²) in [7, 11) is 1.63. The third-order valence-electron chi connectivity index (χ3n) is 2.19. The van der Waals surface area contributed by atoms with Crippen molar-refractivity contribution in [3.63, 3.8) is 0 Å². The van der Waals surface area contributed by atoms with Crippen LogP contribution in [0.2, 0.25) is 0 Å². The van der Waals surface area contributed by atoms with Gasteiger partial charge < -0.3 is 0 Å². The molecule has 1 aromatic carbocycles. The number of aromatic nitrogens is 3. The average Bonchev–Trinajstić information content (AvgIpc) is 2.60. The Morgan fingerprint density at radius 1 is 1.33 bits per heavy atom. The molecule has 5 heteroatoms. The zero-order valence-electron chi connectivity index (χ0n) is 8.22. The largest absolute Gasteiger partial charge is 0.350 e. The fraction of sp³-hybridized carbons (Fsp3) is 0.200. The summed E-state index contributed by atoms with van der Waals surface area (Å²) in [5.41, 5.74) is 1.87. The Balaban J connectivity index is 2.46. The summed E-state index contributed by atoms with van der Waals surface area (Å²) >= 11 is 3.37. The Morgan fingerprint density at radius 3 is 2.47 bits per heavy atom.